The standard InChI is InChI=1S/C26H30BrN3O5S/c1-17(2)35-22-11-10-19(15-20(22)27)24(32)29-26(36)30-13-12-28-25(33)21(30)16-23(31)34-14-6-9-18-7-4-3-5-8-18/h3-5,7-8,10-11,15,17,21H,6,9,12-14,16H2,1-2H3,(H,28,33)(H,29,32,36). The van der Waals surface area contributed by atoms with Crippen LogP contribution >= 0.6 is 28.1 Å². The zero-order chi connectivity index (χ0) is 26.1. The van der Waals surface area contributed by atoms with E-state index in [9.17, 15) is 14.4 Å². The first-order valence-corrected chi connectivity index (χ1v) is 13.0. The second-order valence-corrected chi connectivity index (χ2v) is 9.83. The van der Waals surface area contributed by atoms with Crippen molar-refractivity contribution >= 4 is 51.0 Å². The second-order valence-electron chi connectivity index (χ2n) is 8.59. The molecule has 1 aliphatic rings. The molecule has 1 saturated heterocycles. The Hall–Kier alpha value is -2.98. The van der Waals surface area contributed by atoms with Gasteiger partial charge in [-0.05, 0) is 78.6 Å². The molecule has 1 unspecified atom stereocenters. The minimum Gasteiger partial charge on any atom is -0.490 e. The number of thiocarbonyl (C=S) groups is 1. The molecule has 2 amide bonds. The topological polar surface area (TPSA) is 97.0 Å². The van der Waals surface area contributed by atoms with Crippen molar-refractivity contribution in [2.75, 3.05) is 19.7 Å². The fourth-order valence-electron chi connectivity index (χ4n) is 3.72. The summed E-state index contributed by atoms with van der Waals surface area (Å²) in [5.41, 5.74) is 1.54. The number of rotatable bonds is 9. The molecule has 0 bridgehead atoms. The van der Waals surface area contributed by atoms with Gasteiger partial charge in [0.15, 0.2) is 5.11 Å². The van der Waals surface area contributed by atoms with Crippen molar-refractivity contribution in [2.45, 2.75) is 45.3 Å². The van der Waals surface area contributed by atoms with Gasteiger partial charge in [-0.25, -0.2) is 0 Å². The third kappa shape index (κ3) is 8.03. The number of nitrogens with zero attached hydrogens (tertiary/aromatic N) is 1. The fraction of sp³-hybridized carbons (Fsp3) is 0.385. The Labute approximate surface area is 224 Å². The Morgan fingerprint density at radius 1 is 1.22 bits per heavy atom. The highest BCUT2D eigenvalue weighted by Crippen LogP contribution is 2.27. The normalized spacial score (nSPS) is 15.3. The smallest absolute Gasteiger partial charge is 0.308 e. The van der Waals surface area contributed by atoms with Crippen LogP contribution in [-0.2, 0) is 20.7 Å². The van der Waals surface area contributed by atoms with Crippen LogP contribution in [0.5, 0.6) is 5.75 Å². The minimum absolute atomic E-state index is 0.00807. The number of carbonyl (C=O) groups excluding carboxylic acids is 3. The Morgan fingerprint density at radius 2 is 1.97 bits per heavy atom. The molecule has 1 heterocycles. The van der Waals surface area contributed by atoms with Crippen LogP contribution < -0.4 is 15.4 Å². The van der Waals surface area contributed by atoms with Crippen LogP contribution in [0.3, 0.4) is 0 Å². The van der Waals surface area contributed by atoms with E-state index < -0.39 is 17.9 Å². The number of piperazine rings is 1. The fourth-order valence-corrected chi connectivity index (χ4v) is 4.50. The number of hydrogen-bond acceptors (Lipinski definition) is 6. The quantitative estimate of drug-likeness (QED) is 0.268. The predicted octanol–water partition coefficient (Wildman–Crippen LogP) is 3.62. The molecule has 0 saturated carbocycles. The summed E-state index contributed by atoms with van der Waals surface area (Å²) < 4.78 is 11.7. The van der Waals surface area contributed by atoms with Crippen LogP contribution in [0.25, 0.3) is 0 Å². The van der Waals surface area contributed by atoms with Gasteiger partial charge in [0, 0.05) is 18.7 Å². The van der Waals surface area contributed by atoms with Gasteiger partial charge in [-0.3, -0.25) is 19.7 Å². The maximum absolute atomic E-state index is 12.8. The highest BCUT2D eigenvalue weighted by molar-refractivity contribution is 9.10. The van der Waals surface area contributed by atoms with Gasteiger partial charge in [0.2, 0.25) is 5.91 Å². The third-order valence-corrected chi connectivity index (χ3v) is 6.40. The number of esters is 1. The molecule has 1 aliphatic heterocycles. The highest BCUT2D eigenvalue weighted by Gasteiger charge is 2.34. The van der Waals surface area contributed by atoms with Crippen molar-refractivity contribution in [1.29, 1.82) is 0 Å². The van der Waals surface area contributed by atoms with E-state index >= 15 is 0 Å². The number of ether oxygens (including phenoxy) is 2. The Balaban J connectivity index is 1.54. The highest BCUT2D eigenvalue weighted by atomic mass is 79.9. The number of aryl methyl sites for hydroxylation is 1. The summed E-state index contributed by atoms with van der Waals surface area (Å²) in [5, 5.41) is 5.50. The van der Waals surface area contributed by atoms with Crippen LogP contribution in [0.2, 0.25) is 0 Å². The van der Waals surface area contributed by atoms with Gasteiger partial charge in [-0.2, -0.15) is 0 Å². The lowest BCUT2D eigenvalue weighted by molar-refractivity contribution is -0.147. The number of amides is 2. The zero-order valence-electron chi connectivity index (χ0n) is 20.3. The molecular formula is C26H30BrN3O5S. The van der Waals surface area contributed by atoms with E-state index in [0.717, 1.165) is 6.42 Å². The van der Waals surface area contributed by atoms with Crippen LogP contribution in [-0.4, -0.2) is 59.6 Å². The monoisotopic (exact) mass is 575 g/mol. The van der Waals surface area contributed by atoms with Crippen molar-refractivity contribution < 1.29 is 23.9 Å². The summed E-state index contributed by atoms with van der Waals surface area (Å²) in [6, 6.07) is 14.0. The molecule has 192 valence electrons. The average Bonchev–Trinajstić information content (AvgIpc) is 2.84. The van der Waals surface area contributed by atoms with Crippen molar-refractivity contribution in [3.8, 4) is 5.75 Å². The number of halogens is 1. The van der Waals surface area contributed by atoms with Crippen molar-refractivity contribution in [2.24, 2.45) is 0 Å². The van der Waals surface area contributed by atoms with Crippen LogP contribution in [0.1, 0.15) is 42.6 Å². The Morgan fingerprint density at radius 3 is 2.67 bits per heavy atom. The van der Waals surface area contributed by atoms with Gasteiger partial charge >= 0.3 is 5.97 Å². The van der Waals surface area contributed by atoms with E-state index in [1.807, 2.05) is 44.2 Å². The number of benzene rings is 2. The van der Waals surface area contributed by atoms with Gasteiger partial charge in [-0.15, -0.1) is 0 Å². The van der Waals surface area contributed by atoms with Gasteiger partial charge in [0.05, 0.1) is 23.6 Å². The summed E-state index contributed by atoms with van der Waals surface area (Å²) >= 11 is 8.85. The number of hydrogen-bond donors (Lipinski definition) is 2. The lowest BCUT2D eigenvalue weighted by Crippen LogP contribution is -2.60. The molecule has 3 rings (SSSR count). The molecule has 36 heavy (non-hydrogen) atoms. The van der Waals surface area contributed by atoms with Gasteiger partial charge in [-0.1, -0.05) is 30.3 Å². The summed E-state index contributed by atoms with van der Waals surface area (Å²) in [4.78, 5) is 39.3. The Bertz CT molecular complexity index is 1100. The van der Waals surface area contributed by atoms with E-state index in [-0.39, 0.29) is 30.2 Å². The molecule has 1 atom stereocenters. The molecule has 10 heteroatoms. The summed E-state index contributed by atoms with van der Waals surface area (Å²) in [7, 11) is 0. The van der Waals surface area contributed by atoms with E-state index in [0.29, 0.717) is 35.3 Å². The number of carbonyl (C=O) groups is 3. The third-order valence-electron chi connectivity index (χ3n) is 5.44. The van der Waals surface area contributed by atoms with E-state index in [4.69, 9.17) is 21.7 Å². The van der Waals surface area contributed by atoms with Gasteiger partial charge in [0.1, 0.15) is 11.8 Å². The molecule has 2 aromatic rings. The van der Waals surface area contributed by atoms with E-state index in [2.05, 4.69) is 26.6 Å². The lowest BCUT2D eigenvalue weighted by Gasteiger charge is -2.36. The maximum atomic E-state index is 12.8. The lowest BCUT2D eigenvalue weighted by atomic mass is 10.1. The molecule has 0 radical (unpaired) electrons. The van der Waals surface area contributed by atoms with Gasteiger partial charge in [0.25, 0.3) is 5.91 Å². The molecular weight excluding hydrogens is 546 g/mol. The van der Waals surface area contributed by atoms with E-state index in [1.54, 1.807) is 23.1 Å². The van der Waals surface area contributed by atoms with E-state index in [1.165, 1.54) is 5.56 Å². The number of nitrogens with one attached hydrogen (secondary N) is 2. The van der Waals surface area contributed by atoms with Gasteiger partial charge < -0.3 is 19.7 Å². The van der Waals surface area contributed by atoms with Crippen LogP contribution in [0.4, 0.5) is 0 Å². The summed E-state index contributed by atoms with van der Waals surface area (Å²) in [6.07, 6.45) is 1.30. The van der Waals surface area contributed by atoms with Crippen molar-refractivity contribution in [1.82, 2.24) is 15.5 Å². The van der Waals surface area contributed by atoms with Crippen molar-refractivity contribution in [3.05, 3.63) is 64.1 Å². The van der Waals surface area contributed by atoms with Crippen LogP contribution in [0, 0.1) is 0 Å². The molecule has 1 fully saturated rings. The first-order valence-electron chi connectivity index (χ1n) is 11.8. The molecule has 2 N–H and O–H groups in total. The largest absolute Gasteiger partial charge is 0.490 e. The Kier molecular flexibility index (Phi) is 10.2. The molecule has 0 spiro atoms. The molecule has 0 aliphatic carbocycles. The minimum atomic E-state index is -0.860. The first kappa shape index (κ1) is 27.6. The van der Waals surface area contributed by atoms with Crippen LogP contribution in [0.15, 0.2) is 53.0 Å². The zero-order valence-corrected chi connectivity index (χ0v) is 22.7. The SMILES string of the molecule is CC(C)Oc1ccc(C(=O)NC(=S)N2CCNC(=O)C2CC(=O)OCCCc2ccccc2)cc1Br. The molecule has 8 nitrogen and oxygen atoms in total. The second kappa shape index (κ2) is 13.4. The predicted molar refractivity (Wildman–Crippen MR) is 144 cm³/mol. The summed E-state index contributed by atoms with van der Waals surface area (Å²) in [5.74, 6) is -0.630. The molecule has 0 aromatic heterocycles. The average molecular weight is 577 g/mol. The maximum Gasteiger partial charge on any atom is 0.308 e. The molecule has 2 aromatic carbocycles. The summed E-state index contributed by atoms with van der Waals surface area (Å²) in [6.45, 7) is 4.80. The first-order chi connectivity index (χ1) is 17.2. The van der Waals surface area contributed by atoms with Crippen molar-refractivity contribution in [3.63, 3.8) is 0 Å².